The van der Waals surface area contributed by atoms with Crippen LogP contribution in [0.25, 0.3) is 22.3 Å². The third-order valence-electron chi connectivity index (χ3n) is 9.35. The van der Waals surface area contributed by atoms with Gasteiger partial charge in [-0.25, -0.2) is 9.78 Å². The molecule has 2 aliphatic heterocycles. The minimum Gasteiger partial charge on any atom is -0.458 e. The third kappa shape index (κ3) is 7.60. The average Bonchev–Trinajstić information content (AvgIpc) is 3.41. The van der Waals surface area contributed by atoms with Gasteiger partial charge in [-0.15, -0.1) is 0 Å². The molecular weight excluding hydrogens is 580 g/mol. The highest BCUT2D eigenvalue weighted by Gasteiger charge is 2.45. The predicted octanol–water partition coefficient (Wildman–Crippen LogP) is 8.02. The number of aliphatic hydroxyl groups is 1. The van der Waals surface area contributed by atoms with Crippen LogP contribution in [0.4, 0.5) is 0 Å². The third-order valence-corrected chi connectivity index (χ3v) is 9.35. The Hall–Kier alpha value is -3.78. The molecule has 0 fully saturated rings. The van der Waals surface area contributed by atoms with Gasteiger partial charge in [0.2, 0.25) is 0 Å². The number of esters is 2. The summed E-state index contributed by atoms with van der Waals surface area (Å²) in [6, 6.07) is 9.01. The molecule has 0 aliphatic carbocycles. The number of carbonyl (C=O) groups is 2. The Morgan fingerprint density at radius 1 is 0.957 bits per heavy atom. The van der Waals surface area contributed by atoms with E-state index in [1.54, 1.807) is 35.8 Å². The van der Waals surface area contributed by atoms with Gasteiger partial charge >= 0.3 is 11.9 Å². The van der Waals surface area contributed by atoms with Crippen molar-refractivity contribution < 1.29 is 24.2 Å². The standard InChI is InChI=1S/C38H48N2O6/c1-3-5-6-7-8-9-10-11-12-13-14-15-16-17-18-19-34(41)46-29-20-21-32-27(23-29)22-28-25-40-33(35(28)39-32)24-31-30(36(40)42)26-45-37(43)38(31,44)4-2/h11-12,20-24,44H,3-10,13-19,25-26H2,1-2H3/b12-11-/t38-/m0/s1. The Morgan fingerprint density at radius 3 is 2.37 bits per heavy atom. The van der Waals surface area contributed by atoms with E-state index in [1.807, 2.05) is 6.07 Å². The molecule has 4 heterocycles. The number of rotatable bonds is 17. The lowest BCUT2D eigenvalue weighted by Gasteiger charge is -2.31. The van der Waals surface area contributed by atoms with Crippen molar-refractivity contribution in [2.75, 3.05) is 0 Å². The van der Waals surface area contributed by atoms with Gasteiger partial charge in [-0.2, -0.15) is 0 Å². The first-order valence-electron chi connectivity index (χ1n) is 17.3. The number of hydrogen-bond donors (Lipinski definition) is 1. The van der Waals surface area contributed by atoms with E-state index in [0.717, 1.165) is 36.6 Å². The Morgan fingerprint density at radius 2 is 1.65 bits per heavy atom. The summed E-state index contributed by atoms with van der Waals surface area (Å²) < 4.78 is 12.4. The van der Waals surface area contributed by atoms with Gasteiger partial charge in [0.25, 0.3) is 5.56 Å². The second-order valence-corrected chi connectivity index (χ2v) is 12.8. The van der Waals surface area contributed by atoms with Gasteiger partial charge in [0.05, 0.1) is 29.0 Å². The van der Waals surface area contributed by atoms with Crippen LogP contribution in [-0.4, -0.2) is 26.6 Å². The molecular formula is C38H48N2O6. The van der Waals surface area contributed by atoms with Gasteiger partial charge in [0.1, 0.15) is 12.4 Å². The van der Waals surface area contributed by atoms with Crippen molar-refractivity contribution in [3.8, 4) is 17.1 Å². The lowest BCUT2D eigenvalue weighted by molar-refractivity contribution is -0.172. The first kappa shape index (κ1) is 33.6. The van der Waals surface area contributed by atoms with E-state index in [2.05, 4.69) is 19.1 Å². The number of cyclic esters (lactones) is 1. The number of aromatic nitrogens is 2. The highest BCUT2D eigenvalue weighted by atomic mass is 16.6. The van der Waals surface area contributed by atoms with E-state index in [0.29, 0.717) is 46.7 Å². The fraction of sp³-hybridized carbons (Fsp3) is 0.526. The molecule has 0 radical (unpaired) electrons. The second kappa shape index (κ2) is 15.7. The molecule has 0 spiro atoms. The number of benzene rings is 1. The number of allylic oxidation sites excluding steroid dienone is 2. The minimum atomic E-state index is -1.86. The molecule has 0 bridgehead atoms. The molecule has 0 saturated heterocycles. The number of hydrogen-bond acceptors (Lipinski definition) is 7. The average molecular weight is 629 g/mol. The first-order chi connectivity index (χ1) is 22.4. The summed E-state index contributed by atoms with van der Waals surface area (Å²) in [5.74, 6) is -0.509. The minimum absolute atomic E-state index is 0.0957. The lowest BCUT2D eigenvalue weighted by atomic mass is 9.86. The molecule has 2 aromatic heterocycles. The topological polar surface area (TPSA) is 108 Å². The van der Waals surface area contributed by atoms with E-state index in [4.69, 9.17) is 14.5 Å². The van der Waals surface area contributed by atoms with Gasteiger partial charge in [-0.3, -0.25) is 9.59 Å². The molecule has 0 unspecified atom stereocenters. The van der Waals surface area contributed by atoms with Crippen LogP contribution in [0.2, 0.25) is 0 Å². The van der Waals surface area contributed by atoms with Gasteiger partial charge in [0, 0.05) is 22.9 Å². The number of ether oxygens (including phenoxy) is 2. The van der Waals surface area contributed by atoms with Crippen LogP contribution in [0.15, 0.2) is 47.3 Å². The number of fused-ring (bicyclic) bond motifs is 5. The number of carbonyl (C=O) groups excluding carboxylic acids is 2. The quantitative estimate of drug-likeness (QED) is 0.0546. The molecule has 8 heteroatoms. The number of nitrogens with zero attached hydrogens (tertiary/aromatic N) is 2. The van der Waals surface area contributed by atoms with Crippen molar-refractivity contribution in [1.82, 2.24) is 9.55 Å². The molecule has 3 aromatic rings. The lowest BCUT2D eigenvalue weighted by Crippen LogP contribution is -2.44. The number of unbranched alkanes of at least 4 members (excludes halogenated alkanes) is 11. The van der Waals surface area contributed by atoms with E-state index in [1.165, 1.54) is 57.8 Å². The van der Waals surface area contributed by atoms with Crippen molar-refractivity contribution in [3.63, 3.8) is 0 Å². The van der Waals surface area contributed by atoms with Crippen LogP contribution in [0.3, 0.4) is 0 Å². The predicted molar refractivity (Wildman–Crippen MR) is 180 cm³/mol. The van der Waals surface area contributed by atoms with Crippen molar-refractivity contribution in [2.45, 2.75) is 129 Å². The fourth-order valence-corrected chi connectivity index (χ4v) is 6.55. The molecule has 1 N–H and O–H groups in total. The van der Waals surface area contributed by atoms with Gasteiger partial charge in [-0.1, -0.05) is 77.4 Å². The van der Waals surface area contributed by atoms with Gasteiger partial charge in [0.15, 0.2) is 5.60 Å². The van der Waals surface area contributed by atoms with Crippen LogP contribution in [0.5, 0.6) is 5.75 Å². The zero-order valence-corrected chi connectivity index (χ0v) is 27.4. The van der Waals surface area contributed by atoms with Crippen molar-refractivity contribution >= 4 is 22.8 Å². The van der Waals surface area contributed by atoms with Crippen molar-refractivity contribution in [1.29, 1.82) is 0 Å². The van der Waals surface area contributed by atoms with E-state index in [-0.39, 0.29) is 24.6 Å². The van der Waals surface area contributed by atoms with E-state index >= 15 is 0 Å². The van der Waals surface area contributed by atoms with E-state index in [9.17, 15) is 19.5 Å². The summed E-state index contributed by atoms with van der Waals surface area (Å²) in [6.07, 6.45) is 20.9. The maximum atomic E-state index is 13.4. The first-order valence-corrected chi connectivity index (χ1v) is 17.3. The monoisotopic (exact) mass is 628 g/mol. The van der Waals surface area contributed by atoms with Crippen molar-refractivity contribution in [2.24, 2.45) is 0 Å². The maximum Gasteiger partial charge on any atom is 0.343 e. The molecule has 5 rings (SSSR count). The molecule has 1 atom stereocenters. The summed E-state index contributed by atoms with van der Waals surface area (Å²) in [4.78, 5) is 43.1. The largest absolute Gasteiger partial charge is 0.458 e. The van der Waals surface area contributed by atoms with Crippen LogP contribution in [0.1, 0.15) is 127 Å². The molecule has 2 aliphatic rings. The fourth-order valence-electron chi connectivity index (χ4n) is 6.55. The Bertz CT molecular complexity index is 1640. The molecule has 0 amide bonds. The summed E-state index contributed by atoms with van der Waals surface area (Å²) in [5.41, 5.74) is 1.19. The van der Waals surface area contributed by atoms with Crippen LogP contribution < -0.4 is 10.3 Å². The summed E-state index contributed by atoms with van der Waals surface area (Å²) >= 11 is 0. The second-order valence-electron chi connectivity index (χ2n) is 12.8. The Balaban J connectivity index is 1.08. The maximum absolute atomic E-state index is 13.4. The van der Waals surface area contributed by atoms with Crippen LogP contribution >= 0.6 is 0 Å². The van der Waals surface area contributed by atoms with Gasteiger partial charge in [-0.05, 0) is 68.9 Å². The van der Waals surface area contributed by atoms with Gasteiger partial charge < -0.3 is 19.1 Å². The molecule has 0 saturated carbocycles. The molecule has 246 valence electrons. The van der Waals surface area contributed by atoms with Crippen molar-refractivity contribution in [3.05, 3.63) is 69.5 Å². The normalized spacial score (nSPS) is 16.8. The molecule has 46 heavy (non-hydrogen) atoms. The molecule has 8 nitrogen and oxygen atoms in total. The SMILES string of the molecule is CCCCCCCC/C=C\CCCCCCCC(=O)Oc1ccc2nc3c(cc2c1)Cn1c-3cc2c(c1=O)COC(=O)[C@]2(O)CC. The van der Waals surface area contributed by atoms with Crippen LogP contribution in [-0.2, 0) is 33.1 Å². The smallest absolute Gasteiger partial charge is 0.343 e. The Labute approximate surface area is 271 Å². The zero-order chi connectivity index (χ0) is 32.5. The summed E-state index contributed by atoms with van der Waals surface area (Å²) in [5, 5.41) is 11.9. The Kier molecular flexibility index (Phi) is 11.4. The zero-order valence-electron chi connectivity index (χ0n) is 27.4. The summed E-state index contributed by atoms with van der Waals surface area (Å²) in [7, 11) is 0. The van der Waals surface area contributed by atoms with E-state index < -0.39 is 11.6 Å². The number of pyridine rings is 2. The van der Waals surface area contributed by atoms with Crippen LogP contribution in [0, 0.1) is 0 Å². The highest BCUT2D eigenvalue weighted by molar-refractivity contribution is 5.87. The highest BCUT2D eigenvalue weighted by Crippen LogP contribution is 2.39. The molecule has 1 aromatic carbocycles. The summed E-state index contributed by atoms with van der Waals surface area (Å²) in [6.45, 7) is 4.10.